The van der Waals surface area contributed by atoms with Gasteiger partial charge >= 0.3 is 0 Å². The van der Waals surface area contributed by atoms with E-state index in [0.29, 0.717) is 5.92 Å². The molecule has 4 nitrogen and oxygen atoms in total. The Morgan fingerprint density at radius 1 is 1.38 bits per heavy atom. The van der Waals surface area contributed by atoms with Crippen molar-refractivity contribution in [3.05, 3.63) is 11.1 Å². The van der Waals surface area contributed by atoms with Crippen molar-refractivity contribution in [3.63, 3.8) is 0 Å². The van der Waals surface area contributed by atoms with E-state index in [4.69, 9.17) is 5.84 Å². The minimum Gasteiger partial charge on any atom is -0.271 e. The molecule has 0 aromatic carbocycles. The molecule has 5 heteroatoms. The standard InChI is InChI=1S/C11H20N4S/c1-7-3-8(2)5-9(4-7)11(13-12)10-6-16-15-14-10/h6-9,11,13H,3-5,12H2,1-2H3. The maximum absolute atomic E-state index is 5.67. The van der Waals surface area contributed by atoms with E-state index in [1.807, 2.05) is 5.38 Å². The summed E-state index contributed by atoms with van der Waals surface area (Å²) in [4.78, 5) is 0. The predicted molar refractivity (Wildman–Crippen MR) is 65.6 cm³/mol. The number of aromatic nitrogens is 2. The van der Waals surface area contributed by atoms with Crippen molar-refractivity contribution in [2.45, 2.75) is 39.2 Å². The summed E-state index contributed by atoms with van der Waals surface area (Å²) in [5.74, 6) is 7.84. The molecule has 3 unspecified atom stereocenters. The highest BCUT2D eigenvalue weighted by atomic mass is 32.1. The van der Waals surface area contributed by atoms with Crippen molar-refractivity contribution in [2.24, 2.45) is 23.6 Å². The summed E-state index contributed by atoms with van der Waals surface area (Å²) in [6.07, 6.45) is 3.80. The predicted octanol–water partition coefficient (Wildman–Crippen LogP) is 2.11. The molecule has 0 bridgehead atoms. The molecule has 1 aromatic rings. The SMILES string of the molecule is CC1CC(C)CC(C(NN)c2csnn2)C1. The average molecular weight is 240 g/mol. The summed E-state index contributed by atoms with van der Waals surface area (Å²) in [5.41, 5.74) is 3.92. The molecule has 3 N–H and O–H groups in total. The topological polar surface area (TPSA) is 63.8 Å². The van der Waals surface area contributed by atoms with Gasteiger partial charge in [-0.3, -0.25) is 11.3 Å². The first-order valence-corrected chi connectivity index (χ1v) is 6.77. The van der Waals surface area contributed by atoms with Crippen LogP contribution in [0.25, 0.3) is 0 Å². The van der Waals surface area contributed by atoms with Crippen molar-refractivity contribution >= 4 is 11.5 Å². The molecule has 1 aliphatic carbocycles. The second-order valence-corrected chi connectivity index (χ2v) is 5.76. The first kappa shape index (κ1) is 12.0. The van der Waals surface area contributed by atoms with Crippen LogP contribution in [-0.2, 0) is 0 Å². The van der Waals surface area contributed by atoms with Gasteiger partial charge < -0.3 is 0 Å². The van der Waals surface area contributed by atoms with E-state index in [1.54, 1.807) is 0 Å². The van der Waals surface area contributed by atoms with Gasteiger partial charge in [0.15, 0.2) is 0 Å². The highest BCUT2D eigenvalue weighted by Gasteiger charge is 2.31. The normalized spacial score (nSPS) is 32.6. The Balaban J connectivity index is 2.09. The Kier molecular flexibility index (Phi) is 3.89. The van der Waals surface area contributed by atoms with Crippen LogP contribution < -0.4 is 11.3 Å². The van der Waals surface area contributed by atoms with Gasteiger partial charge in [0.1, 0.15) is 0 Å². The Bertz CT molecular complexity index is 304. The number of hydrogen-bond acceptors (Lipinski definition) is 5. The zero-order valence-electron chi connectivity index (χ0n) is 9.89. The van der Waals surface area contributed by atoms with E-state index in [-0.39, 0.29) is 6.04 Å². The van der Waals surface area contributed by atoms with E-state index in [0.717, 1.165) is 17.5 Å². The molecule has 1 aliphatic rings. The molecule has 0 aliphatic heterocycles. The largest absolute Gasteiger partial charge is 0.271 e. The van der Waals surface area contributed by atoms with Gasteiger partial charge in [-0.2, -0.15) is 0 Å². The molecule has 0 radical (unpaired) electrons. The highest BCUT2D eigenvalue weighted by Crippen LogP contribution is 2.39. The van der Waals surface area contributed by atoms with E-state index in [2.05, 4.69) is 28.9 Å². The van der Waals surface area contributed by atoms with Crippen molar-refractivity contribution in [1.82, 2.24) is 15.0 Å². The highest BCUT2D eigenvalue weighted by molar-refractivity contribution is 7.03. The van der Waals surface area contributed by atoms with E-state index >= 15 is 0 Å². The fourth-order valence-corrected chi connectivity index (χ4v) is 3.54. The summed E-state index contributed by atoms with van der Waals surface area (Å²) >= 11 is 1.39. The molecule has 90 valence electrons. The molecule has 2 rings (SSSR count). The zero-order valence-corrected chi connectivity index (χ0v) is 10.7. The van der Waals surface area contributed by atoms with Crippen LogP contribution in [-0.4, -0.2) is 9.59 Å². The Hall–Kier alpha value is -0.520. The first-order chi connectivity index (χ1) is 7.70. The third-order valence-corrected chi connectivity index (χ3v) is 4.08. The van der Waals surface area contributed by atoms with Crippen LogP contribution in [0.2, 0.25) is 0 Å². The van der Waals surface area contributed by atoms with Gasteiger partial charge in [0.05, 0.1) is 11.7 Å². The maximum atomic E-state index is 5.67. The quantitative estimate of drug-likeness (QED) is 0.627. The molecule has 1 aromatic heterocycles. The zero-order chi connectivity index (χ0) is 11.5. The van der Waals surface area contributed by atoms with Crippen LogP contribution in [0, 0.1) is 17.8 Å². The van der Waals surface area contributed by atoms with Gasteiger partial charge in [-0.05, 0) is 48.5 Å². The summed E-state index contributed by atoms with van der Waals surface area (Å²) in [6.45, 7) is 4.66. The number of hydrazine groups is 1. The monoisotopic (exact) mass is 240 g/mol. The fraction of sp³-hybridized carbons (Fsp3) is 0.818. The molecule has 1 heterocycles. The number of nitrogens with zero attached hydrogens (tertiary/aromatic N) is 2. The molecule has 1 saturated carbocycles. The summed E-state index contributed by atoms with van der Waals surface area (Å²) < 4.78 is 3.92. The summed E-state index contributed by atoms with van der Waals surface area (Å²) in [5, 5.41) is 6.13. The van der Waals surface area contributed by atoms with Gasteiger partial charge in [0, 0.05) is 5.38 Å². The molecular formula is C11H20N4S. The maximum Gasteiger partial charge on any atom is 0.0941 e. The van der Waals surface area contributed by atoms with Gasteiger partial charge in [-0.15, -0.1) is 5.10 Å². The van der Waals surface area contributed by atoms with E-state index in [1.165, 1.54) is 30.8 Å². The Morgan fingerprint density at radius 2 is 2.06 bits per heavy atom. The van der Waals surface area contributed by atoms with Crippen LogP contribution in [0.4, 0.5) is 0 Å². The average Bonchev–Trinajstić information content (AvgIpc) is 2.70. The smallest absolute Gasteiger partial charge is 0.0941 e. The number of nitrogens with one attached hydrogen (secondary N) is 1. The van der Waals surface area contributed by atoms with Crippen molar-refractivity contribution in [2.75, 3.05) is 0 Å². The lowest BCUT2D eigenvalue weighted by Crippen LogP contribution is -2.37. The lowest BCUT2D eigenvalue weighted by molar-refractivity contribution is 0.175. The van der Waals surface area contributed by atoms with Gasteiger partial charge in [-0.25, -0.2) is 0 Å². The molecule has 0 amide bonds. The van der Waals surface area contributed by atoms with Crippen molar-refractivity contribution in [1.29, 1.82) is 0 Å². The van der Waals surface area contributed by atoms with E-state index in [9.17, 15) is 0 Å². The number of rotatable bonds is 3. The lowest BCUT2D eigenvalue weighted by Gasteiger charge is -2.35. The molecule has 16 heavy (non-hydrogen) atoms. The third-order valence-electron chi connectivity index (χ3n) is 3.56. The van der Waals surface area contributed by atoms with Crippen molar-refractivity contribution in [3.8, 4) is 0 Å². The number of hydrogen-bond donors (Lipinski definition) is 2. The third kappa shape index (κ3) is 2.59. The van der Waals surface area contributed by atoms with Crippen LogP contribution in [0.5, 0.6) is 0 Å². The second kappa shape index (κ2) is 5.21. The summed E-state index contributed by atoms with van der Waals surface area (Å²) in [6, 6.07) is 0.170. The minimum absolute atomic E-state index is 0.170. The van der Waals surface area contributed by atoms with Crippen LogP contribution in [0.15, 0.2) is 5.38 Å². The van der Waals surface area contributed by atoms with Crippen molar-refractivity contribution < 1.29 is 0 Å². The fourth-order valence-electron chi connectivity index (χ4n) is 3.05. The second-order valence-electron chi connectivity index (χ2n) is 5.15. The van der Waals surface area contributed by atoms with E-state index < -0.39 is 0 Å². The number of nitrogens with two attached hydrogens (primary N) is 1. The summed E-state index contributed by atoms with van der Waals surface area (Å²) in [7, 11) is 0. The van der Waals surface area contributed by atoms with Crippen LogP contribution >= 0.6 is 11.5 Å². The lowest BCUT2D eigenvalue weighted by atomic mass is 9.73. The first-order valence-electron chi connectivity index (χ1n) is 5.93. The molecular weight excluding hydrogens is 220 g/mol. The molecule has 0 saturated heterocycles. The van der Waals surface area contributed by atoms with Crippen LogP contribution in [0.3, 0.4) is 0 Å². The van der Waals surface area contributed by atoms with Gasteiger partial charge in [-0.1, -0.05) is 18.3 Å². The molecule has 0 spiro atoms. The Labute approximate surface area is 101 Å². The molecule has 1 fully saturated rings. The Morgan fingerprint density at radius 3 is 2.56 bits per heavy atom. The van der Waals surface area contributed by atoms with Crippen LogP contribution in [0.1, 0.15) is 44.8 Å². The molecule has 3 atom stereocenters. The van der Waals surface area contributed by atoms with Gasteiger partial charge in [0.25, 0.3) is 0 Å². The van der Waals surface area contributed by atoms with Gasteiger partial charge in [0.2, 0.25) is 0 Å². The minimum atomic E-state index is 0.170.